The molecule has 0 aliphatic carbocycles. The molecule has 3 aromatic rings. The van der Waals surface area contributed by atoms with E-state index in [2.05, 4.69) is 44.9 Å². The van der Waals surface area contributed by atoms with E-state index in [0.717, 1.165) is 32.4 Å². The summed E-state index contributed by atoms with van der Waals surface area (Å²) in [6.45, 7) is 7.42. The van der Waals surface area contributed by atoms with Gasteiger partial charge in [0.25, 0.3) is 12.4 Å². The zero-order valence-corrected chi connectivity index (χ0v) is 20.9. The molecule has 2 aliphatic heterocycles. The molecular formula is C22H33N9O6. The molecule has 5 atom stereocenters. The number of aromatic nitrogens is 6. The van der Waals surface area contributed by atoms with Gasteiger partial charge in [-0.1, -0.05) is 19.0 Å². The number of fused-ring (bicyclic) bond motifs is 1. The van der Waals surface area contributed by atoms with Crippen LogP contribution in [0, 0.1) is 6.92 Å². The summed E-state index contributed by atoms with van der Waals surface area (Å²) in [7, 11) is 0. The fraction of sp³-hybridized carbons (Fsp3) is 0.636. The number of imidazole rings is 1. The number of nitrogens with one attached hydrogen (secondary N) is 3. The number of hydrogen-bond acceptors (Lipinski definition) is 13. The summed E-state index contributed by atoms with van der Waals surface area (Å²) < 4.78 is 12.8. The first-order valence-electron chi connectivity index (χ1n) is 12.3. The van der Waals surface area contributed by atoms with Crippen molar-refractivity contribution in [3.63, 3.8) is 0 Å². The van der Waals surface area contributed by atoms with Crippen LogP contribution in [0.25, 0.3) is 11.2 Å². The highest BCUT2D eigenvalue weighted by Gasteiger charge is 2.47. The van der Waals surface area contributed by atoms with Crippen LogP contribution in [0.2, 0.25) is 0 Å². The van der Waals surface area contributed by atoms with Gasteiger partial charge in [0.15, 0.2) is 35.1 Å². The average molecular weight is 520 g/mol. The van der Waals surface area contributed by atoms with Crippen molar-refractivity contribution in [3.05, 3.63) is 18.0 Å². The van der Waals surface area contributed by atoms with Crippen LogP contribution < -0.4 is 16.0 Å². The van der Waals surface area contributed by atoms with Crippen LogP contribution in [0.4, 0.5) is 11.8 Å². The maximum Gasteiger partial charge on any atom is 0.290 e. The van der Waals surface area contributed by atoms with Gasteiger partial charge in [-0.15, -0.1) is 0 Å². The Morgan fingerprint density at radius 3 is 2.62 bits per heavy atom. The minimum absolute atomic E-state index is 0.109. The van der Waals surface area contributed by atoms with Crippen LogP contribution in [-0.2, 0) is 9.53 Å². The van der Waals surface area contributed by atoms with Crippen molar-refractivity contribution in [3.8, 4) is 0 Å². The molecule has 2 saturated heterocycles. The van der Waals surface area contributed by atoms with Gasteiger partial charge >= 0.3 is 0 Å². The van der Waals surface area contributed by atoms with Gasteiger partial charge in [0.1, 0.15) is 12.2 Å². The summed E-state index contributed by atoms with van der Waals surface area (Å²) >= 11 is 0. The van der Waals surface area contributed by atoms with Crippen LogP contribution in [0.3, 0.4) is 0 Å². The first-order chi connectivity index (χ1) is 17.9. The Morgan fingerprint density at radius 1 is 1.24 bits per heavy atom. The molecule has 0 saturated carbocycles. The molecule has 1 unspecified atom stereocenters. The Morgan fingerprint density at radius 2 is 2.00 bits per heavy atom. The van der Waals surface area contributed by atoms with E-state index >= 15 is 0 Å². The smallest absolute Gasteiger partial charge is 0.290 e. The number of aryl methyl sites for hydroxylation is 1. The molecule has 2 aliphatic rings. The topological polar surface area (TPSA) is 206 Å². The fourth-order valence-electron chi connectivity index (χ4n) is 4.44. The zero-order chi connectivity index (χ0) is 26.5. The minimum atomic E-state index is -1.26. The van der Waals surface area contributed by atoms with Gasteiger partial charge in [0, 0.05) is 18.6 Å². The molecule has 15 heteroatoms. The normalized spacial score (nSPS) is 25.3. The van der Waals surface area contributed by atoms with Crippen molar-refractivity contribution in [2.24, 2.45) is 0 Å². The Bertz CT molecular complexity index is 1180. The second-order valence-electron chi connectivity index (χ2n) is 8.93. The minimum Gasteiger partial charge on any atom is -0.483 e. The number of carbonyl (C=O) groups is 1. The Hall–Kier alpha value is -3.40. The van der Waals surface area contributed by atoms with Crippen molar-refractivity contribution >= 4 is 29.4 Å². The highest BCUT2D eigenvalue weighted by molar-refractivity contribution is 5.84. The van der Waals surface area contributed by atoms with E-state index in [4.69, 9.17) is 29.1 Å². The van der Waals surface area contributed by atoms with Crippen molar-refractivity contribution < 1.29 is 29.4 Å². The molecule has 0 amide bonds. The van der Waals surface area contributed by atoms with Crippen molar-refractivity contribution in [2.45, 2.75) is 76.7 Å². The SMILES string of the molecule is CCC(CC)Nc1nc(NC2CCNC2)nc2c1ncn2[C@@H]1O[C@H](c2nc(C)no2)[C@@H](O)[C@H]1O.O=CO. The lowest BCUT2D eigenvalue weighted by Crippen LogP contribution is -2.29. The molecule has 0 radical (unpaired) electrons. The maximum absolute atomic E-state index is 10.8. The van der Waals surface area contributed by atoms with E-state index < -0.39 is 24.5 Å². The number of hydrogen-bond donors (Lipinski definition) is 6. The lowest BCUT2D eigenvalue weighted by atomic mass is 10.1. The van der Waals surface area contributed by atoms with Crippen LogP contribution in [0.5, 0.6) is 0 Å². The van der Waals surface area contributed by atoms with Gasteiger partial charge in [-0.2, -0.15) is 15.0 Å². The number of anilines is 2. The summed E-state index contributed by atoms with van der Waals surface area (Å²) in [5.74, 6) is 1.60. The number of aliphatic hydroxyl groups is 2. The largest absolute Gasteiger partial charge is 0.483 e. The lowest BCUT2D eigenvalue weighted by Gasteiger charge is -2.19. The Labute approximate surface area is 212 Å². The van der Waals surface area contributed by atoms with Crippen LogP contribution in [0.1, 0.15) is 57.2 Å². The molecule has 37 heavy (non-hydrogen) atoms. The molecule has 15 nitrogen and oxygen atoms in total. The highest BCUT2D eigenvalue weighted by atomic mass is 16.6. The van der Waals surface area contributed by atoms with Crippen molar-refractivity contribution in [1.82, 2.24) is 35.0 Å². The van der Waals surface area contributed by atoms with Crippen LogP contribution >= 0.6 is 0 Å². The first-order valence-corrected chi connectivity index (χ1v) is 12.3. The third-order valence-corrected chi connectivity index (χ3v) is 6.44. The van der Waals surface area contributed by atoms with E-state index in [1.807, 2.05) is 0 Å². The molecule has 5 heterocycles. The predicted molar refractivity (Wildman–Crippen MR) is 131 cm³/mol. The van der Waals surface area contributed by atoms with E-state index in [1.165, 1.54) is 0 Å². The highest BCUT2D eigenvalue weighted by Crippen LogP contribution is 2.39. The Balaban J connectivity index is 0.00000102. The Kier molecular flexibility index (Phi) is 8.48. The average Bonchev–Trinajstić information content (AvgIpc) is 3.68. The summed E-state index contributed by atoms with van der Waals surface area (Å²) in [6, 6.07) is 0.444. The standard InChI is InChI=1S/C21H31N9O4.CH2O2/c1-4-11(5-2)25-17-13-18(28-21(27-17)26-12-6-7-22-8-12)30(9-23-13)20-15(32)14(31)16(33-20)19-24-10(3)29-34-19;2-1-3/h9,11-12,14-16,20,22,31-32H,4-8H2,1-3H3,(H2,25,26,27,28);1H,(H,2,3)/t12?,14-,15+,16-,20+;/m0./s1. The molecule has 202 valence electrons. The molecular weight excluding hydrogens is 486 g/mol. The van der Waals surface area contributed by atoms with Gasteiger partial charge < -0.3 is 40.5 Å². The van der Waals surface area contributed by atoms with E-state index in [-0.39, 0.29) is 24.4 Å². The second kappa shape index (κ2) is 11.8. The molecule has 0 bridgehead atoms. The molecule has 2 fully saturated rings. The van der Waals surface area contributed by atoms with Crippen molar-refractivity contribution in [2.75, 3.05) is 23.7 Å². The van der Waals surface area contributed by atoms with Gasteiger partial charge in [-0.05, 0) is 32.7 Å². The summed E-state index contributed by atoms with van der Waals surface area (Å²) in [5.41, 5.74) is 1.04. The third kappa shape index (κ3) is 5.64. The molecule has 5 rings (SSSR count). The predicted octanol–water partition coefficient (Wildman–Crippen LogP) is 0.585. The fourth-order valence-corrected chi connectivity index (χ4v) is 4.44. The molecule has 0 aromatic carbocycles. The maximum atomic E-state index is 10.8. The summed E-state index contributed by atoms with van der Waals surface area (Å²) in [5, 5.41) is 42.3. The molecule has 3 aromatic heterocycles. The van der Waals surface area contributed by atoms with E-state index in [9.17, 15) is 10.2 Å². The number of rotatable bonds is 8. The number of carboxylic acid groups (broad SMARTS) is 1. The van der Waals surface area contributed by atoms with Crippen LogP contribution in [-0.4, -0.2) is 88.8 Å². The van der Waals surface area contributed by atoms with E-state index in [1.54, 1.807) is 17.8 Å². The number of nitrogens with zero attached hydrogens (tertiary/aromatic N) is 6. The second-order valence-corrected chi connectivity index (χ2v) is 8.93. The number of aliphatic hydroxyl groups excluding tert-OH is 2. The summed E-state index contributed by atoms with van der Waals surface area (Å²) in [4.78, 5) is 26.5. The van der Waals surface area contributed by atoms with Gasteiger partial charge in [0.05, 0.1) is 6.33 Å². The van der Waals surface area contributed by atoms with Crippen molar-refractivity contribution in [1.29, 1.82) is 0 Å². The summed E-state index contributed by atoms with van der Waals surface area (Å²) in [6.07, 6.45) is -0.0548. The molecule has 6 N–H and O–H groups in total. The van der Waals surface area contributed by atoms with Gasteiger partial charge in [-0.25, -0.2) is 4.98 Å². The zero-order valence-electron chi connectivity index (χ0n) is 20.9. The third-order valence-electron chi connectivity index (χ3n) is 6.44. The first kappa shape index (κ1) is 26.7. The van der Waals surface area contributed by atoms with Gasteiger partial charge in [0.2, 0.25) is 5.95 Å². The monoisotopic (exact) mass is 519 g/mol. The van der Waals surface area contributed by atoms with E-state index in [0.29, 0.717) is 28.8 Å². The van der Waals surface area contributed by atoms with Gasteiger partial charge in [-0.3, -0.25) is 9.36 Å². The quantitative estimate of drug-likeness (QED) is 0.225. The molecule has 0 spiro atoms. The van der Waals surface area contributed by atoms with Crippen LogP contribution in [0.15, 0.2) is 10.9 Å². The number of ether oxygens (including phenoxy) is 1. The lowest BCUT2D eigenvalue weighted by molar-refractivity contribution is -0.122.